The molecule has 44 heavy (non-hydrogen) atoms. The molecule has 1 aliphatic rings. The number of phenols is 1. The van der Waals surface area contributed by atoms with Crippen molar-refractivity contribution in [1.29, 1.82) is 0 Å². The van der Waals surface area contributed by atoms with Crippen LogP contribution in [-0.4, -0.2) is 89.4 Å². The van der Waals surface area contributed by atoms with Gasteiger partial charge in [-0.1, -0.05) is 25.5 Å². The third-order valence-electron chi connectivity index (χ3n) is 7.83. The largest absolute Gasteiger partial charge is 0.507 e. The van der Waals surface area contributed by atoms with E-state index in [1.165, 1.54) is 20.1 Å². The van der Waals surface area contributed by atoms with Gasteiger partial charge in [0.15, 0.2) is 5.76 Å². The summed E-state index contributed by atoms with van der Waals surface area (Å²) in [5.74, 6) is 0.248. The standard InChI is InChI=1S/C33H43NO10/c1-7-34(8-2)15-16-41-24-17-23(35)25-27(37)32(44-33-29(39)28(38)26(36)19(5)42-33)30(20-10-12-21(40-6)13-11-20)43-31(25)22(24)14-9-18(3)4/h9-13,17,19,26,28-29,33,35-36,38-39H,7-8,14-16H2,1-6H3/t19-,26-,28+,29+,33-/m1/s1. The maximum atomic E-state index is 14.2. The van der Waals surface area contributed by atoms with E-state index in [0.29, 0.717) is 42.2 Å². The van der Waals surface area contributed by atoms with Crippen LogP contribution in [0.3, 0.4) is 0 Å². The topological polar surface area (TPSA) is 151 Å². The highest BCUT2D eigenvalue weighted by molar-refractivity contribution is 5.91. The van der Waals surface area contributed by atoms with Crippen molar-refractivity contribution in [2.75, 3.05) is 33.4 Å². The lowest BCUT2D eigenvalue weighted by molar-refractivity contribution is -0.268. The predicted octanol–water partition coefficient (Wildman–Crippen LogP) is 3.61. The molecule has 2 aromatic carbocycles. The number of nitrogens with zero attached hydrogens (tertiary/aromatic N) is 1. The molecule has 0 unspecified atom stereocenters. The molecule has 2 heterocycles. The van der Waals surface area contributed by atoms with Crippen molar-refractivity contribution in [2.45, 2.75) is 71.7 Å². The highest BCUT2D eigenvalue weighted by Gasteiger charge is 2.44. The molecule has 11 nitrogen and oxygen atoms in total. The number of fused-ring (bicyclic) bond motifs is 1. The first kappa shape index (κ1) is 33.3. The summed E-state index contributed by atoms with van der Waals surface area (Å²) in [7, 11) is 1.53. The second kappa shape index (κ2) is 14.4. The summed E-state index contributed by atoms with van der Waals surface area (Å²) in [4.78, 5) is 16.4. The maximum Gasteiger partial charge on any atom is 0.239 e. The highest BCUT2D eigenvalue weighted by Crippen LogP contribution is 2.40. The lowest BCUT2D eigenvalue weighted by atomic mass is 10.00. The number of methoxy groups -OCH3 is 1. The first-order valence-corrected chi connectivity index (χ1v) is 14.8. The molecule has 240 valence electrons. The Hall–Kier alpha value is -3.61. The molecule has 1 aliphatic heterocycles. The Balaban J connectivity index is 1.92. The summed E-state index contributed by atoms with van der Waals surface area (Å²) in [5, 5.41) is 42.2. The number of allylic oxidation sites excluding steroid dienone is 2. The summed E-state index contributed by atoms with van der Waals surface area (Å²) in [5.41, 5.74) is 1.46. The fourth-order valence-electron chi connectivity index (χ4n) is 5.08. The Kier molecular flexibility index (Phi) is 10.9. The fourth-order valence-corrected chi connectivity index (χ4v) is 5.08. The SMILES string of the molecule is CCN(CC)CCOc1cc(O)c2c(=O)c(O[C@H]3O[C@H](C)[C@@H](O)[C@H](O)[C@@H]3O)c(-c3ccc(OC)cc3)oc2c1CC=C(C)C. The van der Waals surface area contributed by atoms with Crippen LogP contribution < -0.4 is 19.6 Å². The van der Waals surface area contributed by atoms with E-state index >= 15 is 0 Å². The minimum atomic E-state index is -1.68. The van der Waals surface area contributed by atoms with Crippen LogP contribution >= 0.6 is 0 Å². The van der Waals surface area contributed by atoms with E-state index in [0.717, 1.165) is 18.7 Å². The zero-order valence-corrected chi connectivity index (χ0v) is 26.1. The fraction of sp³-hybridized carbons (Fsp3) is 0.485. The van der Waals surface area contributed by atoms with Crippen LogP contribution in [0.15, 0.2) is 51.2 Å². The second-order valence-corrected chi connectivity index (χ2v) is 11.1. The average Bonchev–Trinajstić information content (AvgIpc) is 3.01. The van der Waals surface area contributed by atoms with Crippen molar-refractivity contribution >= 4 is 11.0 Å². The van der Waals surface area contributed by atoms with Gasteiger partial charge in [0.25, 0.3) is 0 Å². The van der Waals surface area contributed by atoms with Gasteiger partial charge in [-0.3, -0.25) is 4.79 Å². The molecule has 0 spiro atoms. The van der Waals surface area contributed by atoms with Crippen molar-refractivity contribution < 1.29 is 43.8 Å². The number of aliphatic hydroxyl groups is 3. The zero-order chi connectivity index (χ0) is 32.1. The number of likely N-dealkylation sites (N-methyl/N-ethyl adjacent to an activating group) is 1. The third-order valence-corrected chi connectivity index (χ3v) is 7.83. The van der Waals surface area contributed by atoms with Gasteiger partial charge in [-0.15, -0.1) is 0 Å². The van der Waals surface area contributed by atoms with E-state index in [1.807, 2.05) is 19.9 Å². The molecule has 1 fully saturated rings. The van der Waals surface area contributed by atoms with Crippen LogP contribution in [0.1, 0.15) is 40.2 Å². The molecule has 0 saturated carbocycles. The molecular formula is C33H43NO10. The smallest absolute Gasteiger partial charge is 0.239 e. The van der Waals surface area contributed by atoms with Crippen molar-refractivity contribution in [3.8, 4) is 34.3 Å². The summed E-state index contributed by atoms with van der Waals surface area (Å²) in [6.07, 6.45) is -4.71. The lowest BCUT2D eigenvalue weighted by Gasteiger charge is -2.38. The molecule has 0 radical (unpaired) electrons. The Morgan fingerprint density at radius 2 is 1.73 bits per heavy atom. The minimum absolute atomic E-state index is 0.00681. The summed E-state index contributed by atoms with van der Waals surface area (Å²) < 4.78 is 29.5. The number of hydrogen-bond donors (Lipinski definition) is 4. The number of rotatable bonds is 12. The van der Waals surface area contributed by atoms with Gasteiger partial charge in [0.1, 0.15) is 53.1 Å². The van der Waals surface area contributed by atoms with Gasteiger partial charge in [0, 0.05) is 23.7 Å². The van der Waals surface area contributed by atoms with E-state index in [4.69, 9.17) is 23.4 Å². The van der Waals surface area contributed by atoms with Gasteiger partial charge >= 0.3 is 0 Å². The zero-order valence-electron chi connectivity index (χ0n) is 26.1. The Morgan fingerprint density at radius 3 is 2.34 bits per heavy atom. The van der Waals surface area contributed by atoms with Crippen molar-refractivity contribution in [2.24, 2.45) is 0 Å². The summed E-state index contributed by atoms with van der Waals surface area (Å²) in [6, 6.07) is 8.13. The van der Waals surface area contributed by atoms with Crippen LogP contribution in [0.25, 0.3) is 22.3 Å². The second-order valence-electron chi connectivity index (χ2n) is 11.1. The van der Waals surface area contributed by atoms with E-state index < -0.39 is 36.1 Å². The van der Waals surface area contributed by atoms with E-state index in [-0.39, 0.29) is 28.2 Å². The molecule has 4 N–H and O–H groups in total. The molecule has 0 aliphatic carbocycles. The lowest BCUT2D eigenvalue weighted by Crippen LogP contribution is -2.58. The van der Waals surface area contributed by atoms with Crippen molar-refractivity contribution in [3.05, 3.63) is 57.8 Å². The number of aliphatic hydroxyl groups excluding tert-OH is 3. The van der Waals surface area contributed by atoms with Crippen molar-refractivity contribution in [1.82, 2.24) is 4.90 Å². The predicted molar refractivity (Wildman–Crippen MR) is 166 cm³/mol. The highest BCUT2D eigenvalue weighted by atomic mass is 16.7. The quantitative estimate of drug-likeness (QED) is 0.222. The van der Waals surface area contributed by atoms with Gasteiger partial charge in [0.05, 0.1) is 13.2 Å². The maximum absolute atomic E-state index is 14.2. The van der Waals surface area contributed by atoms with Gasteiger partial charge < -0.3 is 48.7 Å². The van der Waals surface area contributed by atoms with Crippen LogP contribution in [-0.2, 0) is 11.2 Å². The molecular weight excluding hydrogens is 570 g/mol. The van der Waals surface area contributed by atoms with E-state index in [9.17, 15) is 25.2 Å². The normalized spacial score (nSPS) is 21.8. The molecule has 3 aromatic rings. The molecule has 11 heteroatoms. The molecule has 0 amide bonds. The first-order chi connectivity index (χ1) is 21.0. The Labute approximate surface area is 256 Å². The van der Waals surface area contributed by atoms with Gasteiger partial charge in [-0.05, 0) is 64.5 Å². The molecule has 5 atom stereocenters. The molecule has 1 saturated heterocycles. The van der Waals surface area contributed by atoms with Crippen LogP contribution in [0.2, 0.25) is 0 Å². The molecule has 4 rings (SSSR count). The molecule has 0 bridgehead atoms. The number of phenolic OH excluding ortho intramolecular Hbond substituents is 1. The third kappa shape index (κ3) is 7.03. The monoisotopic (exact) mass is 613 g/mol. The Morgan fingerprint density at radius 1 is 1.05 bits per heavy atom. The van der Waals surface area contributed by atoms with E-state index in [2.05, 4.69) is 18.7 Å². The van der Waals surface area contributed by atoms with Crippen LogP contribution in [0.4, 0.5) is 0 Å². The minimum Gasteiger partial charge on any atom is -0.507 e. The van der Waals surface area contributed by atoms with Gasteiger partial charge in [-0.25, -0.2) is 0 Å². The van der Waals surface area contributed by atoms with Crippen molar-refractivity contribution in [3.63, 3.8) is 0 Å². The molecule has 1 aromatic heterocycles. The van der Waals surface area contributed by atoms with Crippen LogP contribution in [0, 0.1) is 0 Å². The van der Waals surface area contributed by atoms with Gasteiger partial charge in [-0.2, -0.15) is 0 Å². The average molecular weight is 614 g/mol. The Bertz CT molecular complexity index is 1510. The summed E-state index contributed by atoms with van der Waals surface area (Å²) >= 11 is 0. The van der Waals surface area contributed by atoms with E-state index in [1.54, 1.807) is 24.3 Å². The number of ether oxygens (including phenoxy) is 4. The number of benzene rings is 2. The first-order valence-electron chi connectivity index (χ1n) is 14.8. The van der Waals surface area contributed by atoms with Crippen LogP contribution in [0.5, 0.6) is 23.0 Å². The number of aromatic hydroxyl groups is 1. The number of hydrogen-bond acceptors (Lipinski definition) is 11. The van der Waals surface area contributed by atoms with Gasteiger partial charge in [0.2, 0.25) is 17.5 Å². The summed E-state index contributed by atoms with van der Waals surface area (Å²) in [6.45, 7) is 12.3.